The van der Waals surface area contributed by atoms with E-state index < -0.39 is 17.4 Å². The molecule has 1 heterocycles. The highest BCUT2D eigenvalue weighted by Crippen LogP contribution is 2.26. The summed E-state index contributed by atoms with van der Waals surface area (Å²) in [5.74, 6) is -1.58. The number of Topliss-reactive ketones (excluding diaryl/α,β-unsaturated/α-hetero) is 2. The van der Waals surface area contributed by atoms with Crippen LogP contribution in [0.2, 0.25) is 0 Å². The van der Waals surface area contributed by atoms with Gasteiger partial charge in [-0.2, -0.15) is 0 Å². The van der Waals surface area contributed by atoms with Crippen LogP contribution in [0.4, 0.5) is 0 Å². The number of ether oxygens (including phenoxy) is 4. The third-order valence-corrected chi connectivity index (χ3v) is 7.19. The molecule has 1 fully saturated rings. The molecule has 0 bridgehead atoms. The molecule has 2 atom stereocenters. The molecule has 1 aliphatic heterocycles. The minimum atomic E-state index is -0.713. The second-order valence-electron chi connectivity index (χ2n) is 12.5. The van der Waals surface area contributed by atoms with E-state index in [9.17, 15) is 28.8 Å². The van der Waals surface area contributed by atoms with Crippen molar-refractivity contribution < 1.29 is 47.7 Å². The molecule has 0 aromatic heterocycles. The van der Waals surface area contributed by atoms with E-state index in [0.29, 0.717) is 59.0 Å². The first kappa shape index (κ1) is 40.3. The van der Waals surface area contributed by atoms with Crippen molar-refractivity contribution in [2.75, 3.05) is 65.9 Å². The van der Waals surface area contributed by atoms with Crippen LogP contribution in [-0.4, -0.2) is 112 Å². The summed E-state index contributed by atoms with van der Waals surface area (Å²) < 4.78 is 21.7. The summed E-state index contributed by atoms with van der Waals surface area (Å²) in [6, 6.07) is -0.713. The highest BCUT2D eigenvalue weighted by molar-refractivity contribution is 6.01. The highest BCUT2D eigenvalue weighted by atomic mass is 16.6. The van der Waals surface area contributed by atoms with Crippen molar-refractivity contribution in [3.8, 4) is 0 Å². The fourth-order valence-corrected chi connectivity index (χ4v) is 4.74. The molecule has 0 spiro atoms. The Hall–Kier alpha value is -2.74. The largest absolute Gasteiger partial charge is 0.379 e. The molecule has 1 saturated heterocycles. The Bertz CT molecular complexity index is 947. The van der Waals surface area contributed by atoms with Crippen molar-refractivity contribution >= 4 is 35.2 Å². The standard InChI is InChI=1S/C32H55N3O10/c1-23(2)30(26(37)22-25(31(41)32(4,5)6)8-7-12-33-24(3)36)34-27(38)11-14-42-16-18-44-20-21-45-19-17-43-15-13-35-28(39)9-10-29(35)40/h23,25,30H,7-22H2,1-6H3,(H,33,36)(H,34,38)/t25-,30+/m1/s1. The van der Waals surface area contributed by atoms with Crippen LogP contribution in [0.5, 0.6) is 0 Å². The minimum Gasteiger partial charge on any atom is -0.379 e. The number of hydrogen-bond acceptors (Lipinski definition) is 10. The van der Waals surface area contributed by atoms with Gasteiger partial charge in [0, 0.05) is 50.5 Å². The normalized spacial score (nSPS) is 15.0. The molecule has 258 valence electrons. The monoisotopic (exact) mass is 641 g/mol. The number of likely N-dealkylation sites (tertiary alicyclic amines) is 1. The van der Waals surface area contributed by atoms with E-state index >= 15 is 0 Å². The Morgan fingerprint density at radius 3 is 1.82 bits per heavy atom. The minimum absolute atomic E-state index is 0.00805. The lowest BCUT2D eigenvalue weighted by molar-refractivity contribution is -0.139. The lowest BCUT2D eigenvalue weighted by Gasteiger charge is -2.27. The van der Waals surface area contributed by atoms with E-state index in [1.165, 1.54) is 11.8 Å². The summed E-state index contributed by atoms with van der Waals surface area (Å²) in [5.41, 5.74) is -0.611. The molecule has 0 aromatic rings. The molecule has 1 rings (SSSR count). The Labute approximate surface area is 267 Å². The number of ketones is 2. The molecular formula is C32H55N3O10. The lowest BCUT2D eigenvalue weighted by Crippen LogP contribution is -2.46. The number of nitrogens with zero attached hydrogens (tertiary/aromatic N) is 1. The molecule has 0 aromatic carbocycles. The average Bonchev–Trinajstić information content (AvgIpc) is 3.28. The molecule has 4 amide bonds. The van der Waals surface area contributed by atoms with Gasteiger partial charge in [-0.3, -0.25) is 33.7 Å². The zero-order valence-corrected chi connectivity index (χ0v) is 28.1. The molecule has 1 aliphatic rings. The van der Waals surface area contributed by atoms with E-state index in [4.69, 9.17) is 18.9 Å². The van der Waals surface area contributed by atoms with Gasteiger partial charge in [0.15, 0.2) is 5.78 Å². The van der Waals surface area contributed by atoms with Gasteiger partial charge in [-0.25, -0.2) is 0 Å². The van der Waals surface area contributed by atoms with E-state index in [-0.39, 0.29) is 86.6 Å². The van der Waals surface area contributed by atoms with Crippen molar-refractivity contribution in [2.24, 2.45) is 17.3 Å². The maximum absolute atomic E-state index is 13.2. The molecule has 0 radical (unpaired) electrons. The summed E-state index contributed by atoms with van der Waals surface area (Å²) >= 11 is 0. The first-order valence-electron chi connectivity index (χ1n) is 16.0. The van der Waals surface area contributed by atoms with Gasteiger partial charge >= 0.3 is 0 Å². The number of carbonyl (C=O) groups excluding carboxylic acids is 6. The van der Waals surface area contributed by atoms with Crippen LogP contribution in [0.3, 0.4) is 0 Å². The van der Waals surface area contributed by atoms with E-state index in [2.05, 4.69) is 10.6 Å². The van der Waals surface area contributed by atoms with Gasteiger partial charge in [0.1, 0.15) is 5.78 Å². The van der Waals surface area contributed by atoms with Gasteiger partial charge in [0.05, 0.1) is 65.4 Å². The molecule has 13 heteroatoms. The molecule has 0 aliphatic carbocycles. The molecule has 2 N–H and O–H groups in total. The Morgan fingerprint density at radius 1 is 0.822 bits per heavy atom. The van der Waals surface area contributed by atoms with Crippen LogP contribution >= 0.6 is 0 Å². The average molecular weight is 642 g/mol. The zero-order valence-electron chi connectivity index (χ0n) is 28.1. The SMILES string of the molecule is CC(=O)NCCC[C@H](CC(=O)[C@@H](NC(=O)CCOCCOCCOCCOCCN1C(=O)CCC1=O)C(C)C)C(=O)C(C)(C)C. The topological polar surface area (TPSA) is 167 Å². The van der Waals surface area contributed by atoms with Crippen LogP contribution in [0.25, 0.3) is 0 Å². The Morgan fingerprint density at radius 2 is 1.33 bits per heavy atom. The number of nitrogens with one attached hydrogen (secondary N) is 2. The fourth-order valence-electron chi connectivity index (χ4n) is 4.74. The van der Waals surface area contributed by atoms with Gasteiger partial charge in [-0.15, -0.1) is 0 Å². The summed E-state index contributed by atoms with van der Waals surface area (Å²) in [6.45, 7) is 13.9. The van der Waals surface area contributed by atoms with Crippen LogP contribution in [0.1, 0.15) is 80.1 Å². The molecule has 0 saturated carbocycles. The van der Waals surface area contributed by atoms with Gasteiger partial charge in [0.25, 0.3) is 0 Å². The van der Waals surface area contributed by atoms with E-state index in [1.807, 2.05) is 34.6 Å². The molecule has 0 unspecified atom stereocenters. The summed E-state index contributed by atoms with van der Waals surface area (Å²) in [6.07, 6.45) is 1.73. The predicted octanol–water partition coefficient (Wildman–Crippen LogP) is 1.84. The van der Waals surface area contributed by atoms with Gasteiger partial charge in [-0.05, 0) is 18.8 Å². The van der Waals surface area contributed by atoms with E-state index in [0.717, 1.165) is 0 Å². The van der Waals surface area contributed by atoms with Crippen molar-refractivity contribution in [3.63, 3.8) is 0 Å². The van der Waals surface area contributed by atoms with Crippen LogP contribution in [0, 0.1) is 17.3 Å². The number of imide groups is 1. The second-order valence-corrected chi connectivity index (χ2v) is 12.5. The van der Waals surface area contributed by atoms with Crippen molar-refractivity contribution in [1.29, 1.82) is 0 Å². The van der Waals surface area contributed by atoms with Crippen LogP contribution < -0.4 is 10.6 Å². The Kier molecular flexibility index (Phi) is 19.6. The van der Waals surface area contributed by atoms with Crippen molar-refractivity contribution in [2.45, 2.75) is 86.1 Å². The van der Waals surface area contributed by atoms with Crippen molar-refractivity contribution in [3.05, 3.63) is 0 Å². The summed E-state index contributed by atoms with van der Waals surface area (Å²) in [5, 5.41) is 5.54. The second kappa shape index (κ2) is 21.9. The van der Waals surface area contributed by atoms with Crippen LogP contribution in [-0.2, 0) is 47.7 Å². The molecular weight excluding hydrogens is 586 g/mol. The van der Waals surface area contributed by atoms with Crippen molar-refractivity contribution in [1.82, 2.24) is 15.5 Å². The number of carbonyl (C=O) groups is 6. The quantitative estimate of drug-likeness (QED) is 0.111. The van der Waals surface area contributed by atoms with Gasteiger partial charge < -0.3 is 29.6 Å². The maximum Gasteiger partial charge on any atom is 0.229 e. The fraction of sp³-hybridized carbons (Fsp3) is 0.812. The van der Waals surface area contributed by atoms with Gasteiger partial charge in [-0.1, -0.05) is 34.6 Å². The molecule has 45 heavy (non-hydrogen) atoms. The van der Waals surface area contributed by atoms with E-state index in [1.54, 1.807) is 0 Å². The first-order valence-corrected chi connectivity index (χ1v) is 16.0. The molecule has 13 nitrogen and oxygen atoms in total. The van der Waals surface area contributed by atoms with Crippen LogP contribution in [0.15, 0.2) is 0 Å². The lowest BCUT2D eigenvalue weighted by atomic mass is 9.78. The smallest absolute Gasteiger partial charge is 0.229 e. The number of amides is 4. The maximum atomic E-state index is 13.2. The zero-order chi connectivity index (χ0) is 33.8. The third kappa shape index (κ3) is 17.5. The predicted molar refractivity (Wildman–Crippen MR) is 166 cm³/mol. The number of rotatable bonds is 25. The Balaban J connectivity index is 2.22. The summed E-state index contributed by atoms with van der Waals surface area (Å²) in [4.78, 5) is 74.3. The van der Waals surface area contributed by atoms with Gasteiger partial charge in [0.2, 0.25) is 23.6 Å². The highest BCUT2D eigenvalue weighted by Gasteiger charge is 2.34. The third-order valence-electron chi connectivity index (χ3n) is 7.19. The summed E-state index contributed by atoms with van der Waals surface area (Å²) in [7, 11) is 0. The number of hydrogen-bond donors (Lipinski definition) is 2. The first-order chi connectivity index (χ1) is 21.2.